The molecule has 0 aliphatic heterocycles. The van der Waals surface area contributed by atoms with E-state index in [-0.39, 0.29) is 0 Å². The topological polar surface area (TPSA) is 89.5 Å². The molecule has 1 fully saturated rings. The van der Waals surface area contributed by atoms with Gasteiger partial charge in [0.25, 0.3) is 0 Å². The van der Waals surface area contributed by atoms with E-state index in [1.165, 1.54) is 28.4 Å². The Kier molecular flexibility index (Phi) is 9.84. The average Bonchev–Trinajstić information content (AvgIpc) is 2.92. The van der Waals surface area contributed by atoms with E-state index < -0.39 is 20.6 Å². The number of ether oxygens (including phenoxy) is 2. The van der Waals surface area contributed by atoms with Gasteiger partial charge >= 0.3 is 15.2 Å². The SMILES string of the molecule is CCOc1ccc(C2(c3ccc(OCC)cc3P(=O)(OC)OC)CCCCC2)c(P(=O)(OC)OC)c1. The monoisotopic (exact) mass is 540 g/mol. The summed E-state index contributed by atoms with van der Waals surface area (Å²) in [6, 6.07) is 11.1. The smallest absolute Gasteiger partial charge is 0.361 e. The summed E-state index contributed by atoms with van der Waals surface area (Å²) in [5.41, 5.74) is 0.946. The van der Waals surface area contributed by atoms with Crippen LogP contribution in [0.1, 0.15) is 57.1 Å². The lowest BCUT2D eigenvalue weighted by molar-refractivity contribution is 0.284. The van der Waals surface area contributed by atoms with E-state index in [0.29, 0.717) is 35.3 Å². The van der Waals surface area contributed by atoms with Crippen LogP contribution in [0.2, 0.25) is 0 Å². The summed E-state index contributed by atoms with van der Waals surface area (Å²) in [6.45, 7) is 4.70. The first-order valence-corrected chi connectivity index (χ1v) is 15.3. The summed E-state index contributed by atoms with van der Waals surface area (Å²) in [6.07, 6.45) is 4.44. The van der Waals surface area contributed by atoms with E-state index in [1.54, 1.807) is 12.1 Å². The van der Waals surface area contributed by atoms with Crippen molar-refractivity contribution in [3.8, 4) is 11.5 Å². The van der Waals surface area contributed by atoms with Gasteiger partial charge in [-0.1, -0.05) is 31.4 Å². The Bertz CT molecular complexity index is 1030. The third-order valence-corrected chi connectivity index (χ3v) is 10.7. The summed E-state index contributed by atoms with van der Waals surface area (Å²) in [5.74, 6) is 1.14. The van der Waals surface area contributed by atoms with Crippen LogP contribution in [-0.2, 0) is 32.6 Å². The fraction of sp³-hybridized carbons (Fsp3) is 0.538. The fourth-order valence-corrected chi connectivity index (χ4v) is 8.00. The molecule has 0 aromatic heterocycles. The van der Waals surface area contributed by atoms with Gasteiger partial charge in [-0.3, -0.25) is 9.13 Å². The molecular weight excluding hydrogens is 502 g/mol. The lowest BCUT2D eigenvalue weighted by Gasteiger charge is -2.42. The molecule has 1 aliphatic carbocycles. The van der Waals surface area contributed by atoms with Crippen molar-refractivity contribution in [3.63, 3.8) is 0 Å². The average molecular weight is 541 g/mol. The van der Waals surface area contributed by atoms with Crippen LogP contribution in [0.4, 0.5) is 0 Å². The van der Waals surface area contributed by atoms with Gasteiger partial charge in [0.2, 0.25) is 0 Å². The maximum Gasteiger partial charge on any atom is 0.361 e. The van der Waals surface area contributed by atoms with E-state index in [1.807, 2.05) is 38.1 Å². The van der Waals surface area contributed by atoms with Gasteiger partial charge in [-0.15, -0.1) is 0 Å². The van der Waals surface area contributed by atoms with Gasteiger partial charge in [0, 0.05) is 33.9 Å². The molecule has 10 heteroatoms. The van der Waals surface area contributed by atoms with Gasteiger partial charge in [0.1, 0.15) is 11.5 Å². The Morgan fingerprint density at radius 3 is 1.39 bits per heavy atom. The minimum absolute atomic E-state index is 0.435. The molecule has 8 nitrogen and oxygen atoms in total. The number of benzene rings is 2. The third kappa shape index (κ3) is 5.45. The van der Waals surface area contributed by atoms with Crippen LogP contribution in [0.5, 0.6) is 11.5 Å². The Morgan fingerprint density at radius 1 is 0.667 bits per heavy atom. The van der Waals surface area contributed by atoms with Crippen molar-refractivity contribution in [2.45, 2.75) is 51.4 Å². The predicted molar refractivity (Wildman–Crippen MR) is 142 cm³/mol. The van der Waals surface area contributed by atoms with E-state index >= 15 is 0 Å². The van der Waals surface area contributed by atoms with Crippen LogP contribution in [0.3, 0.4) is 0 Å². The van der Waals surface area contributed by atoms with Crippen molar-refractivity contribution < 1.29 is 36.7 Å². The molecule has 0 amide bonds. The van der Waals surface area contributed by atoms with Crippen molar-refractivity contribution in [3.05, 3.63) is 47.5 Å². The van der Waals surface area contributed by atoms with Gasteiger partial charge in [-0.05, 0) is 62.1 Å². The summed E-state index contributed by atoms with van der Waals surface area (Å²) >= 11 is 0. The van der Waals surface area contributed by atoms with Gasteiger partial charge < -0.3 is 27.6 Å². The van der Waals surface area contributed by atoms with Crippen LogP contribution < -0.4 is 20.1 Å². The number of hydrogen-bond donors (Lipinski definition) is 0. The van der Waals surface area contributed by atoms with Crippen LogP contribution in [0, 0.1) is 0 Å². The molecule has 2 aromatic carbocycles. The molecule has 0 radical (unpaired) electrons. The molecule has 0 heterocycles. The zero-order valence-electron chi connectivity index (χ0n) is 22.1. The second-order valence-electron chi connectivity index (χ2n) is 8.59. The molecule has 0 bridgehead atoms. The maximum absolute atomic E-state index is 13.9. The maximum atomic E-state index is 13.9. The van der Waals surface area contributed by atoms with Crippen molar-refractivity contribution in [2.75, 3.05) is 41.7 Å². The molecule has 0 spiro atoms. The second kappa shape index (κ2) is 12.3. The Balaban J connectivity index is 2.40. The molecule has 1 aliphatic rings. The van der Waals surface area contributed by atoms with Gasteiger partial charge in [0.15, 0.2) is 0 Å². The molecule has 0 unspecified atom stereocenters. The summed E-state index contributed by atoms with van der Waals surface area (Å²) in [7, 11) is -1.85. The van der Waals surface area contributed by atoms with Crippen LogP contribution in [0.25, 0.3) is 0 Å². The largest absolute Gasteiger partial charge is 0.494 e. The Morgan fingerprint density at radius 2 is 1.06 bits per heavy atom. The molecule has 36 heavy (non-hydrogen) atoms. The summed E-state index contributed by atoms with van der Waals surface area (Å²) in [4.78, 5) is 0. The highest BCUT2D eigenvalue weighted by Gasteiger charge is 2.45. The van der Waals surface area contributed by atoms with Gasteiger partial charge in [0.05, 0.1) is 23.8 Å². The van der Waals surface area contributed by atoms with E-state index in [2.05, 4.69) is 0 Å². The first kappa shape index (κ1) is 28.9. The molecule has 0 saturated heterocycles. The molecule has 2 aromatic rings. The predicted octanol–water partition coefficient (Wildman–Crippen LogP) is 5.96. The van der Waals surface area contributed by atoms with Crippen molar-refractivity contribution in [1.82, 2.24) is 0 Å². The van der Waals surface area contributed by atoms with Crippen molar-refractivity contribution >= 4 is 25.8 Å². The van der Waals surface area contributed by atoms with Crippen LogP contribution >= 0.6 is 15.2 Å². The van der Waals surface area contributed by atoms with Crippen molar-refractivity contribution in [1.29, 1.82) is 0 Å². The molecule has 0 atom stereocenters. The zero-order chi connectivity index (χ0) is 26.4. The Labute approximate surface area is 214 Å². The zero-order valence-corrected chi connectivity index (χ0v) is 23.9. The van der Waals surface area contributed by atoms with E-state index in [4.69, 9.17) is 27.6 Å². The minimum Gasteiger partial charge on any atom is -0.494 e. The lowest BCUT2D eigenvalue weighted by Crippen LogP contribution is -2.39. The quantitative estimate of drug-likeness (QED) is 0.305. The van der Waals surface area contributed by atoms with Crippen LogP contribution in [-0.4, -0.2) is 41.7 Å². The first-order valence-electron chi connectivity index (χ1n) is 12.3. The summed E-state index contributed by atoms with van der Waals surface area (Å²) < 4.78 is 61.0. The minimum atomic E-state index is -3.68. The molecule has 1 saturated carbocycles. The molecule has 0 N–H and O–H groups in total. The fourth-order valence-electron chi connectivity index (χ4n) is 5.18. The van der Waals surface area contributed by atoms with Gasteiger partial charge in [-0.25, -0.2) is 0 Å². The standard InChI is InChI=1S/C26H38O8P2/c1-7-33-20-12-14-22(24(18-20)35(27,29-3)30-4)26(16-10-9-11-17-26)23-15-13-21(34-8-2)19-25(23)36(28,31-5)32-6/h12-15,18-19H,7-11,16-17H2,1-6H3. The highest BCUT2D eigenvalue weighted by atomic mass is 31.2. The van der Waals surface area contributed by atoms with E-state index in [9.17, 15) is 9.13 Å². The van der Waals surface area contributed by atoms with Crippen LogP contribution in [0.15, 0.2) is 36.4 Å². The lowest BCUT2D eigenvalue weighted by atomic mass is 9.65. The highest BCUT2D eigenvalue weighted by molar-refractivity contribution is 7.62. The number of rotatable bonds is 12. The molecular formula is C26H38O8P2. The highest BCUT2D eigenvalue weighted by Crippen LogP contribution is 2.55. The third-order valence-electron chi connectivity index (χ3n) is 6.85. The van der Waals surface area contributed by atoms with Gasteiger partial charge in [-0.2, -0.15) is 0 Å². The molecule has 200 valence electrons. The van der Waals surface area contributed by atoms with E-state index in [0.717, 1.165) is 43.2 Å². The number of hydrogen-bond acceptors (Lipinski definition) is 8. The first-order chi connectivity index (χ1) is 17.3. The summed E-state index contributed by atoms with van der Waals surface area (Å²) in [5, 5.41) is 0.870. The molecule has 3 rings (SSSR count). The Hall–Kier alpha value is -1.66. The van der Waals surface area contributed by atoms with Crippen molar-refractivity contribution in [2.24, 2.45) is 0 Å². The normalized spacial score (nSPS) is 16.1. The second-order valence-corrected chi connectivity index (χ2v) is 13.0.